The number of H-pyrrole nitrogens is 1. The van der Waals surface area contributed by atoms with E-state index in [1.54, 1.807) is 0 Å². The van der Waals surface area contributed by atoms with Crippen molar-refractivity contribution in [3.05, 3.63) is 77.4 Å². The molecular formula is C24H29N5O2. The molecule has 1 N–H and O–H groups in total. The van der Waals surface area contributed by atoms with E-state index in [0.717, 1.165) is 31.2 Å². The molecule has 162 valence electrons. The van der Waals surface area contributed by atoms with Gasteiger partial charge in [-0.25, -0.2) is 4.98 Å². The first-order valence-electron chi connectivity index (χ1n) is 10.8. The van der Waals surface area contributed by atoms with Crippen LogP contribution in [0.4, 0.5) is 0 Å². The molecule has 1 fully saturated rings. The summed E-state index contributed by atoms with van der Waals surface area (Å²) in [4.78, 5) is 22.4. The summed E-state index contributed by atoms with van der Waals surface area (Å²) in [5, 5.41) is 7.41. The summed E-state index contributed by atoms with van der Waals surface area (Å²) < 4.78 is 5.71. The number of aromatic amines is 1. The fourth-order valence-electron chi connectivity index (χ4n) is 4.08. The topological polar surface area (TPSA) is 74.3 Å². The van der Waals surface area contributed by atoms with Gasteiger partial charge in [-0.05, 0) is 38.0 Å². The van der Waals surface area contributed by atoms with Gasteiger partial charge in [0, 0.05) is 26.2 Å². The Morgan fingerprint density at radius 2 is 1.90 bits per heavy atom. The number of nitrogens with zero attached hydrogens (tertiary/aromatic N) is 4. The molecule has 1 saturated heterocycles. The Balaban J connectivity index is 1.61. The number of ether oxygens (including phenoxy) is 1. The average Bonchev–Trinajstić information content (AvgIpc) is 3.11. The van der Waals surface area contributed by atoms with Crippen LogP contribution in [0.3, 0.4) is 0 Å². The summed E-state index contributed by atoms with van der Waals surface area (Å²) in [6.07, 6.45) is 0.884. The van der Waals surface area contributed by atoms with E-state index in [2.05, 4.69) is 44.3 Å². The van der Waals surface area contributed by atoms with Crippen LogP contribution >= 0.6 is 0 Å². The molecule has 0 saturated carbocycles. The first-order valence-corrected chi connectivity index (χ1v) is 10.8. The van der Waals surface area contributed by atoms with Crippen LogP contribution in [0.5, 0.6) is 5.75 Å². The lowest BCUT2D eigenvalue weighted by Gasteiger charge is -2.30. The molecular weight excluding hydrogens is 390 g/mol. The maximum atomic E-state index is 13.5. The Hall–Kier alpha value is -3.19. The van der Waals surface area contributed by atoms with E-state index in [9.17, 15) is 4.79 Å². The Labute approximate surface area is 183 Å². The molecule has 0 aliphatic carbocycles. The molecule has 7 nitrogen and oxygen atoms in total. The molecule has 31 heavy (non-hydrogen) atoms. The minimum atomic E-state index is -0.0872. The molecule has 2 heterocycles. The van der Waals surface area contributed by atoms with Crippen molar-refractivity contribution < 1.29 is 9.53 Å². The SMILES string of the molecule is CCOc1ccccc1C(=O)N1CCCN(Cc2ccccc2)C(c2n[nH]c(C)n2)C1. The zero-order valence-electron chi connectivity index (χ0n) is 18.1. The monoisotopic (exact) mass is 419 g/mol. The van der Waals surface area contributed by atoms with Gasteiger partial charge in [0.1, 0.15) is 11.6 Å². The number of carbonyl (C=O) groups is 1. The van der Waals surface area contributed by atoms with Gasteiger partial charge in [0.25, 0.3) is 5.91 Å². The normalized spacial score (nSPS) is 17.4. The van der Waals surface area contributed by atoms with Gasteiger partial charge in [-0.1, -0.05) is 42.5 Å². The van der Waals surface area contributed by atoms with Crippen molar-refractivity contribution in [3.63, 3.8) is 0 Å². The largest absolute Gasteiger partial charge is 0.493 e. The number of para-hydroxylation sites is 1. The molecule has 0 spiro atoms. The van der Waals surface area contributed by atoms with Crippen LogP contribution < -0.4 is 4.74 Å². The fraction of sp³-hybridized carbons (Fsp3) is 0.375. The van der Waals surface area contributed by atoms with Crippen molar-refractivity contribution in [2.75, 3.05) is 26.2 Å². The van der Waals surface area contributed by atoms with Gasteiger partial charge >= 0.3 is 0 Å². The number of nitrogens with one attached hydrogen (secondary N) is 1. The highest BCUT2D eigenvalue weighted by Gasteiger charge is 2.32. The van der Waals surface area contributed by atoms with Crippen molar-refractivity contribution in [2.24, 2.45) is 0 Å². The van der Waals surface area contributed by atoms with Gasteiger partial charge in [-0.3, -0.25) is 14.8 Å². The lowest BCUT2D eigenvalue weighted by Crippen LogP contribution is -2.38. The highest BCUT2D eigenvalue weighted by atomic mass is 16.5. The van der Waals surface area contributed by atoms with Crippen LogP contribution in [-0.4, -0.2) is 57.1 Å². The quantitative estimate of drug-likeness (QED) is 0.661. The van der Waals surface area contributed by atoms with Gasteiger partial charge in [-0.15, -0.1) is 0 Å². The van der Waals surface area contributed by atoms with E-state index in [1.165, 1.54) is 5.56 Å². The van der Waals surface area contributed by atoms with Crippen molar-refractivity contribution in [1.29, 1.82) is 0 Å². The van der Waals surface area contributed by atoms with Crippen LogP contribution in [0.2, 0.25) is 0 Å². The van der Waals surface area contributed by atoms with E-state index >= 15 is 0 Å². The maximum absolute atomic E-state index is 13.5. The predicted molar refractivity (Wildman–Crippen MR) is 119 cm³/mol. The van der Waals surface area contributed by atoms with E-state index in [-0.39, 0.29) is 11.9 Å². The number of hydrogen-bond acceptors (Lipinski definition) is 5. The summed E-state index contributed by atoms with van der Waals surface area (Å²) in [5.41, 5.74) is 1.84. The third-order valence-corrected chi connectivity index (χ3v) is 5.55. The summed E-state index contributed by atoms with van der Waals surface area (Å²) in [6.45, 7) is 7.22. The summed E-state index contributed by atoms with van der Waals surface area (Å²) >= 11 is 0. The second kappa shape index (κ2) is 9.75. The smallest absolute Gasteiger partial charge is 0.257 e. The zero-order chi connectivity index (χ0) is 21.6. The average molecular weight is 420 g/mol. The summed E-state index contributed by atoms with van der Waals surface area (Å²) in [6, 6.07) is 17.8. The molecule has 1 aliphatic rings. The second-order valence-corrected chi connectivity index (χ2v) is 7.78. The van der Waals surface area contributed by atoms with E-state index in [1.807, 2.05) is 49.1 Å². The van der Waals surface area contributed by atoms with Crippen molar-refractivity contribution in [2.45, 2.75) is 32.9 Å². The van der Waals surface area contributed by atoms with Gasteiger partial charge in [-0.2, -0.15) is 5.10 Å². The maximum Gasteiger partial charge on any atom is 0.257 e. The Kier molecular flexibility index (Phi) is 6.62. The fourth-order valence-corrected chi connectivity index (χ4v) is 4.08. The van der Waals surface area contributed by atoms with Crippen molar-refractivity contribution in [1.82, 2.24) is 25.0 Å². The molecule has 3 aromatic rings. The molecule has 1 atom stereocenters. The van der Waals surface area contributed by atoms with Crippen LogP contribution in [0.1, 0.15) is 47.0 Å². The number of amides is 1. The molecule has 1 aromatic heterocycles. The van der Waals surface area contributed by atoms with E-state index in [0.29, 0.717) is 31.0 Å². The molecule has 4 rings (SSSR count). The zero-order valence-corrected chi connectivity index (χ0v) is 18.1. The highest BCUT2D eigenvalue weighted by molar-refractivity contribution is 5.97. The molecule has 1 aliphatic heterocycles. The lowest BCUT2D eigenvalue weighted by atomic mass is 10.1. The molecule has 1 amide bonds. The molecule has 7 heteroatoms. The third kappa shape index (κ3) is 4.94. The first-order chi connectivity index (χ1) is 15.2. The van der Waals surface area contributed by atoms with Gasteiger partial charge < -0.3 is 9.64 Å². The van der Waals surface area contributed by atoms with Gasteiger partial charge in [0.05, 0.1) is 18.2 Å². The molecule has 0 radical (unpaired) electrons. The van der Waals surface area contributed by atoms with Crippen LogP contribution in [0.15, 0.2) is 54.6 Å². The minimum Gasteiger partial charge on any atom is -0.493 e. The van der Waals surface area contributed by atoms with Crippen molar-refractivity contribution >= 4 is 5.91 Å². The predicted octanol–water partition coefficient (Wildman–Crippen LogP) is 3.60. The summed E-state index contributed by atoms with van der Waals surface area (Å²) in [5.74, 6) is 2.12. The number of aryl methyl sites for hydroxylation is 1. The Bertz CT molecular complexity index is 1000. The van der Waals surface area contributed by atoms with Gasteiger partial charge in [0.2, 0.25) is 0 Å². The van der Waals surface area contributed by atoms with E-state index < -0.39 is 0 Å². The number of rotatable bonds is 6. The van der Waals surface area contributed by atoms with Gasteiger partial charge in [0.15, 0.2) is 5.82 Å². The summed E-state index contributed by atoms with van der Waals surface area (Å²) in [7, 11) is 0. The number of hydrogen-bond donors (Lipinski definition) is 1. The molecule has 1 unspecified atom stereocenters. The minimum absolute atomic E-state index is 0.0112. The molecule has 0 bridgehead atoms. The van der Waals surface area contributed by atoms with Crippen molar-refractivity contribution in [3.8, 4) is 5.75 Å². The standard InChI is InChI=1S/C24H29N5O2/c1-3-31-22-13-8-7-12-20(22)24(30)29-15-9-14-28(16-19-10-5-4-6-11-19)21(17-29)23-25-18(2)26-27-23/h4-8,10-13,21H,3,9,14-17H2,1-2H3,(H,25,26,27). The van der Waals surface area contributed by atoms with Crippen LogP contribution in [-0.2, 0) is 6.54 Å². The highest BCUT2D eigenvalue weighted by Crippen LogP contribution is 2.27. The number of carbonyl (C=O) groups excluding carboxylic acids is 1. The van der Waals surface area contributed by atoms with Crippen LogP contribution in [0.25, 0.3) is 0 Å². The molecule has 2 aromatic carbocycles. The Morgan fingerprint density at radius 1 is 1.13 bits per heavy atom. The van der Waals surface area contributed by atoms with E-state index in [4.69, 9.17) is 4.74 Å². The second-order valence-electron chi connectivity index (χ2n) is 7.78. The number of aromatic nitrogens is 3. The third-order valence-electron chi connectivity index (χ3n) is 5.55. The Morgan fingerprint density at radius 3 is 2.65 bits per heavy atom. The first kappa shape index (κ1) is 21.1. The number of benzene rings is 2. The lowest BCUT2D eigenvalue weighted by molar-refractivity contribution is 0.0722. The van der Waals surface area contributed by atoms with Crippen LogP contribution in [0, 0.1) is 6.92 Å².